The summed E-state index contributed by atoms with van der Waals surface area (Å²) in [6, 6.07) is 8.71. The molecule has 2 N–H and O–H groups in total. The van der Waals surface area contributed by atoms with Crippen molar-refractivity contribution >= 4 is 23.4 Å². The van der Waals surface area contributed by atoms with Crippen LogP contribution in [0.2, 0.25) is 0 Å². The summed E-state index contributed by atoms with van der Waals surface area (Å²) in [5, 5.41) is 5.59. The Balaban J connectivity index is 1.51. The van der Waals surface area contributed by atoms with Crippen LogP contribution >= 0.6 is 0 Å². The molecular weight excluding hydrogens is 380 g/mol. The van der Waals surface area contributed by atoms with Gasteiger partial charge in [0.1, 0.15) is 6.04 Å². The van der Waals surface area contributed by atoms with E-state index < -0.39 is 11.9 Å². The number of benzene rings is 1. The third kappa shape index (κ3) is 3.61. The number of nitrogens with one attached hydrogen (secondary N) is 2. The maximum absolute atomic E-state index is 13.2. The summed E-state index contributed by atoms with van der Waals surface area (Å²) < 4.78 is 0. The van der Waals surface area contributed by atoms with Gasteiger partial charge in [-0.05, 0) is 29.7 Å². The van der Waals surface area contributed by atoms with Crippen molar-refractivity contribution in [2.45, 2.75) is 31.8 Å². The van der Waals surface area contributed by atoms with Crippen LogP contribution in [-0.4, -0.2) is 33.6 Å². The Kier molecular flexibility index (Phi) is 5.18. The average Bonchev–Trinajstić information content (AvgIpc) is 2.98. The average molecular weight is 402 g/mol. The Morgan fingerprint density at radius 1 is 1.20 bits per heavy atom. The van der Waals surface area contributed by atoms with Crippen LogP contribution in [0.1, 0.15) is 39.9 Å². The SMILES string of the molecule is C=C(Cc1ccncc1)NCc1cccc2c1C(=O)N(C1CCC(=O)NC1=O)C2=C. The normalized spacial score (nSPS) is 18.3. The number of fused-ring (bicyclic) bond motifs is 1. The van der Waals surface area contributed by atoms with E-state index >= 15 is 0 Å². The van der Waals surface area contributed by atoms with Crippen molar-refractivity contribution in [3.8, 4) is 0 Å². The van der Waals surface area contributed by atoms with Crippen LogP contribution in [0.5, 0.6) is 0 Å². The zero-order valence-electron chi connectivity index (χ0n) is 16.5. The Labute approximate surface area is 174 Å². The highest BCUT2D eigenvalue weighted by Gasteiger charge is 2.42. The van der Waals surface area contributed by atoms with Crippen molar-refractivity contribution in [2.24, 2.45) is 0 Å². The molecule has 1 unspecified atom stereocenters. The van der Waals surface area contributed by atoms with E-state index in [1.807, 2.05) is 30.3 Å². The highest BCUT2D eigenvalue weighted by atomic mass is 16.2. The van der Waals surface area contributed by atoms with Crippen molar-refractivity contribution in [3.63, 3.8) is 0 Å². The molecule has 7 nitrogen and oxygen atoms in total. The van der Waals surface area contributed by atoms with Gasteiger partial charge in [-0.2, -0.15) is 0 Å². The number of hydrogen-bond acceptors (Lipinski definition) is 5. The Bertz CT molecular complexity index is 1060. The van der Waals surface area contributed by atoms with Crippen LogP contribution in [0.4, 0.5) is 0 Å². The van der Waals surface area contributed by atoms with Gasteiger partial charge in [-0.15, -0.1) is 0 Å². The smallest absolute Gasteiger partial charge is 0.260 e. The summed E-state index contributed by atoms with van der Waals surface area (Å²) in [6.07, 6.45) is 4.62. The molecule has 4 rings (SSSR count). The second-order valence-corrected chi connectivity index (χ2v) is 7.42. The van der Waals surface area contributed by atoms with E-state index in [1.54, 1.807) is 12.4 Å². The largest absolute Gasteiger partial charge is 0.384 e. The molecule has 152 valence electrons. The number of pyridine rings is 1. The predicted octanol–water partition coefficient (Wildman–Crippen LogP) is 2.16. The van der Waals surface area contributed by atoms with Crippen LogP contribution in [0.15, 0.2) is 61.6 Å². The quantitative estimate of drug-likeness (QED) is 0.723. The van der Waals surface area contributed by atoms with E-state index in [0.717, 1.165) is 16.8 Å². The summed E-state index contributed by atoms with van der Waals surface area (Å²) in [4.78, 5) is 42.4. The van der Waals surface area contributed by atoms with Crippen LogP contribution in [0.25, 0.3) is 5.70 Å². The summed E-state index contributed by atoms with van der Waals surface area (Å²) in [7, 11) is 0. The van der Waals surface area contributed by atoms with Gasteiger partial charge in [0.25, 0.3) is 5.91 Å². The Morgan fingerprint density at radius 3 is 2.70 bits per heavy atom. The van der Waals surface area contributed by atoms with E-state index in [2.05, 4.69) is 28.8 Å². The lowest BCUT2D eigenvalue weighted by Gasteiger charge is -2.30. The molecule has 2 aliphatic heterocycles. The number of amides is 3. The van der Waals surface area contributed by atoms with Gasteiger partial charge in [-0.3, -0.25) is 29.6 Å². The highest BCUT2D eigenvalue weighted by molar-refractivity contribution is 6.13. The molecule has 1 aromatic heterocycles. The van der Waals surface area contributed by atoms with Gasteiger partial charge >= 0.3 is 0 Å². The first-order valence-corrected chi connectivity index (χ1v) is 9.74. The molecule has 0 spiro atoms. The number of aromatic nitrogens is 1. The minimum Gasteiger partial charge on any atom is -0.384 e. The van der Waals surface area contributed by atoms with Gasteiger partial charge in [-0.1, -0.05) is 31.4 Å². The third-order valence-electron chi connectivity index (χ3n) is 5.40. The number of carbonyl (C=O) groups excluding carboxylic acids is 3. The van der Waals surface area contributed by atoms with Gasteiger partial charge in [0.05, 0.1) is 5.56 Å². The lowest BCUT2D eigenvalue weighted by Crippen LogP contribution is -2.52. The standard InChI is InChI=1S/C23H22N4O3/c1-14(12-16-8-10-24-11-9-16)25-13-17-4-3-5-18-15(2)27(23(30)21(17)18)19-6-7-20(28)26-22(19)29/h3-5,8-11,19,25H,1-2,6-7,12-13H2,(H,26,28,29). The molecule has 1 aromatic carbocycles. The van der Waals surface area contributed by atoms with E-state index in [-0.39, 0.29) is 18.2 Å². The summed E-state index contributed by atoms with van der Waals surface area (Å²) >= 11 is 0. The zero-order chi connectivity index (χ0) is 21.3. The maximum Gasteiger partial charge on any atom is 0.260 e. The number of allylic oxidation sites excluding steroid dienone is 1. The minimum atomic E-state index is -0.724. The Hall–Kier alpha value is -3.74. The van der Waals surface area contributed by atoms with E-state index in [0.29, 0.717) is 36.2 Å². The molecule has 1 saturated heterocycles. The monoisotopic (exact) mass is 402 g/mol. The van der Waals surface area contributed by atoms with Crippen LogP contribution in [0, 0.1) is 0 Å². The number of imide groups is 1. The topological polar surface area (TPSA) is 91.4 Å². The predicted molar refractivity (Wildman–Crippen MR) is 112 cm³/mol. The third-order valence-corrected chi connectivity index (χ3v) is 5.40. The maximum atomic E-state index is 13.2. The van der Waals surface area contributed by atoms with Gasteiger partial charge in [0.15, 0.2) is 0 Å². The molecule has 0 saturated carbocycles. The van der Waals surface area contributed by atoms with E-state index in [1.165, 1.54) is 4.90 Å². The first kappa shape index (κ1) is 19.6. The van der Waals surface area contributed by atoms with Crippen LogP contribution in [0.3, 0.4) is 0 Å². The minimum absolute atomic E-state index is 0.201. The molecule has 0 aliphatic carbocycles. The fraction of sp³-hybridized carbons (Fsp3) is 0.217. The second kappa shape index (κ2) is 7.94. The molecule has 7 heteroatoms. The summed E-state index contributed by atoms with van der Waals surface area (Å²) in [5.74, 6) is -1.04. The molecular formula is C23H22N4O3. The highest BCUT2D eigenvalue weighted by Crippen LogP contribution is 2.36. The second-order valence-electron chi connectivity index (χ2n) is 7.42. The molecule has 2 aliphatic rings. The molecule has 1 fully saturated rings. The zero-order valence-corrected chi connectivity index (χ0v) is 16.5. The van der Waals surface area contributed by atoms with Crippen molar-refractivity contribution in [3.05, 3.63) is 83.8 Å². The lowest BCUT2D eigenvalue weighted by atomic mass is 10.0. The van der Waals surface area contributed by atoms with Crippen molar-refractivity contribution in [1.29, 1.82) is 0 Å². The number of carbonyl (C=O) groups is 3. The summed E-state index contributed by atoms with van der Waals surface area (Å²) in [5.41, 5.74) is 4.46. The number of nitrogens with zero attached hydrogens (tertiary/aromatic N) is 2. The molecule has 0 radical (unpaired) electrons. The number of rotatable bonds is 6. The number of piperidine rings is 1. The van der Waals surface area contributed by atoms with Gasteiger partial charge in [0.2, 0.25) is 11.8 Å². The first-order chi connectivity index (χ1) is 14.5. The Morgan fingerprint density at radius 2 is 1.97 bits per heavy atom. The first-order valence-electron chi connectivity index (χ1n) is 9.74. The van der Waals surface area contributed by atoms with E-state index in [4.69, 9.17) is 0 Å². The fourth-order valence-corrected chi connectivity index (χ4v) is 3.90. The summed E-state index contributed by atoms with van der Waals surface area (Å²) in [6.45, 7) is 8.54. The lowest BCUT2D eigenvalue weighted by molar-refractivity contribution is -0.136. The molecule has 3 heterocycles. The number of hydrogen-bond donors (Lipinski definition) is 2. The van der Waals surface area contributed by atoms with Crippen LogP contribution in [-0.2, 0) is 22.6 Å². The van der Waals surface area contributed by atoms with E-state index in [9.17, 15) is 14.4 Å². The fourth-order valence-electron chi connectivity index (χ4n) is 3.90. The molecule has 1 atom stereocenters. The van der Waals surface area contributed by atoms with Crippen molar-refractivity contribution in [2.75, 3.05) is 0 Å². The van der Waals surface area contributed by atoms with Gasteiger partial charge in [-0.25, -0.2) is 0 Å². The molecule has 3 amide bonds. The van der Waals surface area contributed by atoms with Crippen LogP contribution < -0.4 is 10.6 Å². The van der Waals surface area contributed by atoms with Crippen molar-refractivity contribution < 1.29 is 14.4 Å². The molecule has 0 bridgehead atoms. The van der Waals surface area contributed by atoms with Crippen molar-refractivity contribution in [1.82, 2.24) is 20.5 Å². The molecule has 2 aromatic rings. The molecule has 30 heavy (non-hydrogen) atoms. The van der Waals surface area contributed by atoms with Gasteiger partial charge < -0.3 is 5.32 Å². The van der Waals surface area contributed by atoms with Gasteiger partial charge in [0, 0.05) is 48.7 Å².